The molecule has 0 bridgehead atoms. The number of nitro groups is 4. The van der Waals surface area contributed by atoms with E-state index < -0.39 is 103 Å². The van der Waals surface area contributed by atoms with E-state index >= 15 is 0 Å². The van der Waals surface area contributed by atoms with Crippen molar-refractivity contribution in [2.75, 3.05) is 42.7 Å². The topological polar surface area (TPSA) is 559 Å². The summed E-state index contributed by atoms with van der Waals surface area (Å²) in [5.74, 6) is -6.46. The van der Waals surface area contributed by atoms with Crippen molar-refractivity contribution in [1.29, 1.82) is 0 Å². The van der Waals surface area contributed by atoms with Gasteiger partial charge in [0.15, 0.2) is 11.5 Å². The number of methoxy groups -OCH3 is 6. The van der Waals surface area contributed by atoms with Crippen LogP contribution in [0.4, 0.5) is 22.7 Å². The van der Waals surface area contributed by atoms with Gasteiger partial charge in [-0.15, -0.1) is 0 Å². The zero-order valence-electron chi connectivity index (χ0n) is 68.1. The van der Waals surface area contributed by atoms with Gasteiger partial charge < -0.3 is 86.5 Å². The summed E-state index contributed by atoms with van der Waals surface area (Å²) in [5.41, 5.74) is 2.62. The SMILES string of the molecule is COc1ccc(C(C(C)C(=O)O)n2ccnc2)c([N+](=O)[O-])c1.COc1ccc(C(C(C)C(=O)O)n2ccnc2)c([N+](=O)[O-])c1.COc1ccc(C(C(C)C(=O)O)n2ccnc2)cc1.COc1ccc(C(C(C)C(=O)O)n2ccnc2)cc1[N+](=O)[O-].COc1ccc(C(CC(=O)O)n2ccnc2)cc1.COc1ccc(C(CC(=O)O)n2ccnc2)cc1[N+](=O)[O-]. The molecule has 6 aromatic heterocycles. The number of nitro benzene ring substituents is 4. The molecule has 0 spiro atoms. The number of hydrogen-bond acceptors (Lipinski definition) is 26. The summed E-state index contributed by atoms with van der Waals surface area (Å²) in [6, 6.07) is 29.1. The Balaban J connectivity index is 0.000000205. The van der Waals surface area contributed by atoms with E-state index in [1.807, 2.05) is 48.5 Å². The van der Waals surface area contributed by atoms with Crippen LogP contribution in [0.2, 0.25) is 0 Å². The first-order valence-electron chi connectivity index (χ1n) is 37.0. The number of rotatable bonds is 34. The molecule has 0 radical (unpaired) electrons. The number of ether oxygens (including phenoxy) is 6. The Bertz CT molecular complexity index is 5370. The van der Waals surface area contributed by atoms with Gasteiger partial charge in [-0.25, -0.2) is 29.9 Å². The summed E-state index contributed by atoms with van der Waals surface area (Å²) < 4.78 is 40.0. The first-order valence-corrected chi connectivity index (χ1v) is 37.0. The molecule has 10 unspecified atom stereocenters. The lowest BCUT2D eigenvalue weighted by molar-refractivity contribution is -0.386. The second-order valence-corrected chi connectivity index (χ2v) is 26.9. The van der Waals surface area contributed by atoms with E-state index in [4.69, 9.17) is 38.6 Å². The van der Waals surface area contributed by atoms with Gasteiger partial charge in [-0.1, -0.05) is 36.4 Å². The van der Waals surface area contributed by atoms with Gasteiger partial charge in [0, 0.05) is 86.5 Å². The minimum atomic E-state index is -1.05. The van der Waals surface area contributed by atoms with E-state index in [1.54, 1.807) is 142 Å². The average molecular weight is 1710 g/mol. The molecule has 0 amide bonds. The fourth-order valence-corrected chi connectivity index (χ4v) is 13.0. The normalized spacial score (nSPS) is 13.0. The second kappa shape index (κ2) is 45.7. The fourth-order valence-electron chi connectivity index (χ4n) is 13.0. The van der Waals surface area contributed by atoms with Crippen LogP contribution < -0.4 is 28.4 Å². The summed E-state index contributed by atoms with van der Waals surface area (Å²) in [6.45, 7) is 6.24. The van der Waals surface area contributed by atoms with E-state index in [9.17, 15) is 89.7 Å². The molecule has 652 valence electrons. The van der Waals surface area contributed by atoms with Crippen LogP contribution in [-0.2, 0) is 28.8 Å². The zero-order valence-corrected chi connectivity index (χ0v) is 68.1. The Morgan fingerprint density at radius 3 is 0.855 bits per heavy atom. The first-order chi connectivity index (χ1) is 59.2. The third-order valence-corrected chi connectivity index (χ3v) is 19.3. The standard InChI is InChI=1S/3C14H15N3O5.C14H16N2O3.C13H13N3O5.C13H14N2O3/c1-9(14(18)19)13(16-6-5-15-8-16)10-3-4-12(22-2)11(7-10)17(20)21;2*1-9(14(18)19)13(16-6-5-15-8-16)11-4-3-10(22-2)7-12(11)17(20)21;1-10(14(17)18)13(16-8-7-15-9-16)11-3-5-12(19-2)6-4-11;1-21-12-3-2-9(6-11(12)16(19)20)10(7-13(17)18)15-5-4-14-8-15;1-18-11-4-2-10(3-5-11)12(8-13(16)17)15-7-6-14-9-15/h3*3-9,13H,1-2H3,(H,18,19);3-10,13H,1-2H3,(H,17,18);2-6,8,10H,7H2,1H3,(H,17,18);2-7,9,12H,8H2,1H3,(H,16,17). The predicted molar refractivity (Wildman–Crippen MR) is 438 cm³/mol. The van der Waals surface area contributed by atoms with Crippen molar-refractivity contribution in [3.05, 3.63) is 307 Å². The maximum Gasteiger partial charge on any atom is 0.311 e. The monoisotopic (exact) mass is 1710 g/mol. The molecule has 124 heavy (non-hydrogen) atoms. The van der Waals surface area contributed by atoms with Gasteiger partial charge in [0.1, 0.15) is 23.0 Å². The molecule has 42 heteroatoms. The molecule has 0 aliphatic heterocycles. The van der Waals surface area contributed by atoms with E-state index in [2.05, 4.69) is 29.9 Å². The van der Waals surface area contributed by atoms with E-state index in [1.165, 1.54) is 141 Å². The molecule has 6 aromatic carbocycles. The molecule has 42 nitrogen and oxygen atoms in total. The minimum absolute atomic E-state index is 0.0166. The lowest BCUT2D eigenvalue weighted by Gasteiger charge is -2.23. The molecule has 10 atom stereocenters. The number of nitrogens with zero attached hydrogens (tertiary/aromatic N) is 16. The van der Waals surface area contributed by atoms with Gasteiger partial charge in [-0.2, -0.15) is 0 Å². The smallest absolute Gasteiger partial charge is 0.311 e. The highest BCUT2D eigenvalue weighted by Crippen LogP contribution is 2.40. The van der Waals surface area contributed by atoms with Crippen molar-refractivity contribution in [2.24, 2.45) is 23.7 Å². The number of hydrogen-bond donors (Lipinski definition) is 6. The van der Waals surface area contributed by atoms with Crippen LogP contribution in [0, 0.1) is 64.1 Å². The van der Waals surface area contributed by atoms with Crippen LogP contribution in [0.3, 0.4) is 0 Å². The summed E-state index contributed by atoms with van der Waals surface area (Å²) in [4.78, 5) is 134. The summed E-state index contributed by atoms with van der Waals surface area (Å²) in [5, 5.41) is 100. The molecule has 0 saturated heterocycles. The molecule has 0 fully saturated rings. The highest BCUT2D eigenvalue weighted by atomic mass is 16.6. The van der Waals surface area contributed by atoms with Crippen molar-refractivity contribution in [1.82, 2.24) is 57.3 Å². The van der Waals surface area contributed by atoms with Gasteiger partial charge in [-0.3, -0.25) is 69.2 Å². The van der Waals surface area contributed by atoms with E-state index in [-0.39, 0.29) is 59.2 Å². The summed E-state index contributed by atoms with van der Waals surface area (Å²) in [7, 11) is 8.70. The highest BCUT2D eigenvalue weighted by Gasteiger charge is 2.36. The number of carboxylic acid groups (broad SMARTS) is 6. The van der Waals surface area contributed by atoms with Gasteiger partial charge >= 0.3 is 47.2 Å². The quantitative estimate of drug-likeness (QED) is 0.0161. The third-order valence-electron chi connectivity index (χ3n) is 19.3. The van der Waals surface area contributed by atoms with Gasteiger partial charge in [0.05, 0.1) is 196 Å². The number of aliphatic carboxylic acids is 6. The van der Waals surface area contributed by atoms with Crippen LogP contribution in [0.25, 0.3) is 0 Å². The second-order valence-electron chi connectivity index (χ2n) is 26.9. The largest absolute Gasteiger partial charge is 0.497 e. The van der Waals surface area contributed by atoms with Crippen LogP contribution in [0.15, 0.2) is 234 Å². The minimum Gasteiger partial charge on any atom is -0.497 e. The molecular weight excluding hydrogens is 1620 g/mol. The van der Waals surface area contributed by atoms with Crippen LogP contribution >= 0.6 is 0 Å². The lowest BCUT2D eigenvalue weighted by Crippen LogP contribution is -2.25. The first kappa shape index (κ1) is 94.9. The van der Waals surface area contributed by atoms with E-state index in [0.717, 1.165) is 22.6 Å². The van der Waals surface area contributed by atoms with Gasteiger partial charge in [-0.05, 0) is 111 Å². The Hall–Kier alpha value is -16.2. The Labute approximate surface area is 705 Å². The Kier molecular flexibility index (Phi) is 35.0. The molecule has 0 aliphatic carbocycles. The van der Waals surface area contributed by atoms with Gasteiger partial charge in [0.2, 0.25) is 0 Å². The highest BCUT2D eigenvalue weighted by molar-refractivity contribution is 5.74. The Morgan fingerprint density at radius 2 is 0.573 bits per heavy atom. The maximum absolute atomic E-state index is 11.4. The number of carboxylic acids is 6. The molecular formula is C82H88N16O26. The lowest BCUT2D eigenvalue weighted by atomic mass is 9.93. The molecule has 0 saturated carbocycles. The van der Waals surface area contributed by atoms with Crippen LogP contribution in [-0.4, -0.2) is 186 Å². The molecule has 6 heterocycles. The maximum atomic E-state index is 11.4. The summed E-state index contributed by atoms with van der Waals surface area (Å²) in [6.07, 6.45) is 28.2. The van der Waals surface area contributed by atoms with Crippen molar-refractivity contribution in [3.63, 3.8) is 0 Å². The molecule has 0 aliphatic rings. The fraction of sp³-hybridized carbons (Fsp3) is 0.268. The number of benzene rings is 6. The summed E-state index contributed by atoms with van der Waals surface area (Å²) >= 11 is 0. The zero-order chi connectivity index (χ0) is 91.0. The molecule has 6 N–H and O–H groups in total. The third kappa shape index (κ3) is 25.4. The Morgan fingerprint density at radius 1 is 0.315 bits per heavy atom. The van der Waals surface area contributed by atoms with Crippen molar-refractivity contribution < 1.29 is 108 Å². The van der Waals surface area contributed by atoms with E-state index in [0.29, 0.717) is 33.8 Å². The molecule has 12 aromatic rings. The predicted octanol–water partition coefficient (Wildman–Crippen LogP) is 12.4. The number of aromatic nitrogens is 12. The number of carbonyl (C=O) groups is 6. The van der Waals surface area contributed by atoms with Crippen LogP contribution in [0.5, 0.6) is 34.5 Å². The van der Waals surface area contributed by atoms with Crippen molar-refractivity contribution in [3.8, 4) is 34.5 Å². The van der Waals surface area contributed by atoms with Crippen molar-refractivity contribution >= 4 is 58.6 Å². The van der Waals surface area contributed by atoms with Crippen molar-refractivity contribution in [2.45, 2.75) is 76.8 Å². The number of imidazole rings is 6. The average Bonchev–Trinajstić information content (AvgIpc) is 0.955. The van der Waals surface area contributed by atoms with Crippen LogP contribution in [0.1, 0.15) is 110 Å². The van der Waals surface area contributed by atoms with Gasteiger partial charge in [0.25, 0.3) is 11.4 Å². The molecule has 12 rings (SSSR count).